The summed E-state index contributed by atoms with van der Waals surface area (Å²) in [5.41, 5.74) is 0. The summed E-state index contributed by atoms with van der Waals surface area (Å²) in [5, 5.41) is 22.3. The molecule has 0 saturated heterocycles. The topological polar surface area (TPSA) is 116 Å². The smallest absolute Gasteiger partial charge is 0.326 e. The number of urea groups is 1. The van der Waals surface area contributed by atoms with Crippen LogP contribution in [0.2, 0.25) is 0 Å². The van der Waals surface area contributed by atoms with Gasteiger partial charge < -0.3 is 20.8 Å². The lowest BCUT2D eigenvalue weighted by Crippen LogP contribution is -2.50. The highest BCUT2D eigenvalue weighted by molar-refractivity contribution is 5.86. The quantitative estimate of drug-likeness (QED) is 0.585. The summed E-state index contributed by atoms with van der Waals surface area (Å²) in [4.78, 5) is 33.1. The minimum Gasteiger partial charge on any atom is -0.481 e. The van der Waals surface area contributed by atoms with Crippen LogP contribution in [-0.2, 0) is 9.59 Å². The molecule has 114 valence electrons. The van der Waals surface area contributed by atoms with Gasteiger partial charge in [0.1, 0.15) is 6.04 Å². The molecule has 2 amide bonds. The van der Waals surface area contributed by atoms with Gasteiger partial charge in [0, 0.05) is 6.04 Å². The van der Waals surface area contributed by atoms with Gasteiger partial charge in [0.25, 0.3) is 0 Å². The fourth-order valence-electron chi connectivity index (χ4n) is 2.53. The van der Waals surface area contributed by atoms with Gasteiger partial charge >= 0.3 is 18.0 Å². The van der Waals surface area contributed by atoms with Gasteiger partial charge in [-0.2, -0.15) is 0 Å². The van der Waals surface area contributed by atoms with Crippen molar-refractivity contribution in [1.82, 2.24) is 10.6 Å². The SMILES string of the molecule is CC(NC(=O)NC(CC(=O)O)C(=O)O)C1CCCCC1. The standard InChI is InChI=1S/C13H22N2O5/c1-8(9-5-3-2-4-6-9)14-13(20)15-10(12(18)19)7-11(16)17/h8-10H,2-7H2,1H3,(H,16,17)(H,18,19)(H2,14,15,20). The van der Waals surface area contributed by atoms with Crippen molar-refractivity contribution in [2.75, 3.05) is 0 Å². The molecule has 0 aromatic heterocycles. The van der Waals surface area contributed by atoms with E-state index in [4.69, 9.17) is 10.2 Å². The molecule has 0 aromatic carbocycles. The molecular formula is C13H22N2O5. The number of carboxylic acid groups (broad SMARTS) is 2. The number of amides is 2. The number of nitrogens with one attached hydrogen (secondary N) is 2. The Labute approximate surface area is 117 Å². The third kappa shape index (κ3) is 5.46. The number of hydrogen-bond acceptors (Lipinski definition) is 3. The zero-order valence-corrected chi connectivity index (χ0v) is 11.6. The molecule has 1 saturated carbocycles. The van der Waals surface area contributed by atoms with E-state index < -0.39 is 30.4 Å². The van der Waals surface area contributed by atoms with Gasteiger partial charge in [-0.15, -0.1) is 0 Å². The Kier molecular flexibility index (Phi) is 6.27. The third-order valence-corrected chi connectivity index (χ3v) is 3.70. The van der Waals surface area contributed by atoms with Gasteiger partial charge in [-0.3, -0.25) is 4.79 Å². The molecule has 0 aliphatic heterocycles. The fraction of sp³-hybridized carbons (Fsp3) is 0.769. The van der Waals surface area contributed by atoms with Crippen LogP contribution in [0, 0.1) is 5.92 Å². The van der Waals surface area contributed by atoms with E-state index in [-0.39, 0.29) is 6.04 Å². The van der Waals surface area contributed by atoms with Crippen molar-refractivity contribution in [3.8, 4) is 0 Å². The van der Waals surface area contributed by atoms with Crippen molar-refractivity contribution in [3.63, 3.8) is 0 Å². The van der Waals surface area contributed by atoms with Crippen LogP contribution < -0.4 is 10.6 Å². The first-order valence-electron chi connectivity index (χ1n) is 6.91. The van der Waals surface area contributed by atoms with Crippen molar-refractivity contribution in [2.24, 2.45) is 5.92 Å². The predicted octanol–water partition coefficient (Wildman–Crippen LogP) is 1.18. The van der Waals surface area contributed by atoms with Gasteiger partial charge in [-0.25, -0.2) is 9.59 Å². The summed E-state index contributed by atoms with van der Waals surface area (Å²) in [5.74, 6) is -2.22. The largest absolute Gasteiger partial charge is 0.481 e. The Bertz CT molecular complexity index is 366. The molecule has 7 nitrogen and oxygen atoms in total. The lowest BCUT2D eigenvalue weighted by molar-refractivity contribution is -0.145. The Balaban J connectivity index is 2.43. The van der Waals surface area contributed by atoms with Gasteiger partial charge in [-0.1, -0.05) is 19.3 Å². The summed E-state index contributed by atoms with van der Waals surface area (Å²) >= 11 is 0. The highest BCUT2D eigenvalue weighted by Gasteiger charge is 2.25. The van der Waals surface area contributed by atoms with Crippen LogP contribution in [0.1, 0.15) is 45.4 Å². The molecular weight excluding hydrogens is 264 g/mol. The molecule has 4 N–H and O–H groups in total. The van der Waals surface area contributed by atoms with E-state index >= 15 is 0 Å². The van der Waals surface area contributed by atoms with Gasteiger partial charge in [-0.05, 0) is 25.7 Å². The number of carbonyl (C=O) groups excluding carboxylic acids is 1. The summed E-state index contributed by atoms with van der Waals surface area (Å²) in [6.45, 7) is 1.89. The van der Waals surface area contributed by atoms with E-state index in [0.717, 1.165) is 25.7 Å². The van der Waals surface area contributed by atoms with Crippen molar-refractivity contribution in [3.05, 3.63) is 0 Å². The van der Waals surface area contributed by atoms with Gasteiger partial charge in [0.2, 0.25) is 0 Å². The Morgan fingerprint density at radius 3 is 2.20 bits per heavy atom. The first-order valence-corrected chi connectivity index (χ1v) is 6.91. The van der Waals surface area contributed by atoms with Crippen LogP contribution in [0.15, 0.2) is 0 Å². The molecule has 2 atom stereocenters. The summed E-state index contributed by atoms with van der Waals surface area (Å²) in [6.07, 6.45) is 4.98. The Hall–Kier alpha value is -1.79. The molecule has 0 aromatic rings. The Morgan fingerprint density at radius 1 is 1.10 bits per heavy atom. The molecule has 0 bridgehead atoms. The van der Waals surface area contributed by atoms with E-state index in [1.54, 1.807) is 0 Å². The first-order chi connectivity index (χ1) is 9.40. The van der Waals surface area contributed by atoms with Crippen LogP contribution in [0.25, 0.3) is 0 Å². The van der Waals surface area contributed by atoms with E-state index in [9.17, 15) is 14.4 Å². The number of hydrogen-bond donors (Lipinski definition) is 4. The van der Waals surface area contributed by atoms with Crippen LogP contribution in [0.4, 0.5) is 4.79 Å². The Morgan fingerprint density at radius 2 is 1.70 bits per heavy atom. The zero-order valence-electron chi connectivity index (χ0n) is 11.6. The molecule has 2 unspecified atom stereocenters. The minimum atomic E-state index is -1.41. The van der Waals surface area contributed by atoms with Crippen LogP contribution in [0.5, 0.6) is 0 Å². The molecule has 1 fully saturated rings. The molecule has 0 radical (unpaired) electrons. The monoisotopic (exact) mass is 286 g/mol. The highest BCUT2D eigenvalue weighted by Crippen LogP contribution is 2.26. The van der Waals surface area contributed by atoms with Crippen LogP contribution >= 0.6 is 0 Å². The highest BCUT2D eigenvalue weighted by atomic mass is 16.4. The van der Waals surface area contributed by atoms with E-state index in [1.807, 2.05) is 6.92 Å². The molecule has 1 aliphatic carbocycles. The third-order valence-electron chi connectivity index (χ3n) is 3.70. The maximum Gasteiger partial charge on any atom is 0.326 e. The second kappa shape index (κ2) is 7.72. The summed E-state index contributed by atoms with van der Waals surface area (Å²) in [7, 11) is 0. The normalized spacial score (nSPS) is 18.9. The van der Waals surface area contributed by atoms with Crippen molar-refractivity contribution < 1.29 is 24.6 Å². The second-order valence-electron chi connectivity index (χ2n) is 5.29. The molecule has 0 spiro atoms. The van der Waals surface area contributed by atoms with Crippen LogP contribution in [-0.4, -0.2) is 40.3 Å². The average Bonchev–Trinajstić information content (AvgIpc) is 2.38. The second-order valence-corrected chi connectivity index (χ2v) is 5.29. The summed E-state index contributed by atoms with van der Waals surface area (Å²) < 4.78 is 0. The number of aliphatic carboxylic acids is 2. The average molecular weight is 286 g/mol. The molecule has 20 heavy (non-hydrogen) atoms. The van der Waals surface area contributed by atoms with E-state index in [0.29, 0.717) is 5.92 Å². The predicted molar refractivity (Wildman–Crippen MR) is 71.4 cm³/mol. The van der Waals surface area contributed by atoms with Crippen molar-refractivity contribution >= 4 is 18.0 Å². The van der Waals surface area contributed by atoms with Gasteiger partial charge in [0.15, 0.2) is 0 Å². The number of carboxylic acids is 2. The fourth-order valence-corrected chi connectivity index (χ4v) is 2.53. The van der Waals surface area contributed by atoms with Crippen molar-refractivity contribution in [2.45, 2.75) is 57.5 Å². The zero-order chi connectivity index (χ0) is 15.1. The lowest BCUT2D eigenvalue weighted by atomic mass is 9.85. The molecule has 1 rings (SSSR count). The molecule has 0 heterocycles. The molecule has 7 heteroatoms. The number of carbonyl (C=O) groups is 3. The lowest BCUT2D eigenvalue weighted by Gasteiger charge is -2.28. The van der Waals surface area contributed by atoms with Gasteiger partial charge in [0.05, 0.1) is 6.42 Å². The van der Waals surface area contributed by atoms with E-state index in [2.05, 4.69) is 10.6 Å². The molecule has 1 aliphatic rings. The first kappa shape index (κ1) is 16.3. The minimum absolute atomic E-state index is 0.0467. The maximum atomic E-state index is 11.7. The maximum absolute atomic E-state index is 11.7. The van der Waals surface area contributed by atoms with Crippen LogP contribution in [0.3, 0.4) is 0 Å². The van der Waals surface area contributed by atoms with E-state index in [1.165, 1.54) is 6.42 Å². The van der Waals surface area contributed by atoms with Crippen molar-refractivity contribution in [1.29, 1.82) is 0 Å². The number of rotatable bonds is 6. The summed E-state index contributed by atoms with van der Waals surface area (Å²) in [6, 6.07) is -2.09.